The third kappa shape index (κ3) is 2.37. The van der Waals surface area contributed by atoms with Gasteiger partial charge in [-0.3, -0.25) is 4.90 Å². The van der Waals surface area contributed by atoms with Crippen molar-refractivity contribution in [3.05, 3.63) is 23.8 Å². The van der Waals surface area contributed by atoms with Gasteiger partial charge in [-0.1, -0.05) is 6.07 Å². The lowest BCUT2D eigenvalue weighted by atomic mass is 10.2. The maximum absolute atomic E-state index is 9.48. The van der Waals surface area contributed by atoms with Crippen LogP contribution >= 0.6 is 0 Å². The zero-order chi connectivity index (χ0) is 11.7. The number of rotatable bonds is 2. The molecule has 1 N–H and O–H groups in total. The van der Waals surface area contributed by atoms with E-state index in [4.69, 9.17) is 9.47 Å². The summed E-state index contributed by atoms with van der Waals surface area (Å²) >= 11 is 0. The van der Waals surface area contributed by atoms with Crippen molar-refractivity contribution in [3.8, 4) is 11.5 Å². The van der Waals surface area contributed by atoms with E-state index in [0.29, 0.717) is 13.2 Å². The van der Waals surface area contributed by atoms with Gasteiger partial charge in [0, 0.05) is 19.6 Å². The van der Waals surface area contributed by atoms with Gasteiger partial charge < -0.3 is 14.6 Å². The van der Waals surface area contributed by atoms with Gasteiger partial charge >= 0.3 is 0 Å². The van der Waals surface area contributed by atoms with Gasteiger partial charge in [-0.2, -0.15) is 0 Å². The van der Waals surface area contributed by atoms with Crippen molar-refractivity contribution in [3.63, 3.8) is 0 Å². The molecule has 0 unspecified atom stereocenters. The zero-order valence-corrected chi connectivity index (χ0v) is 9.76. The molecule has 0 spiro atoms. The molecule has 0 radical (unpaired) electrons. The van der Waals surface area contributed by atoms with E-state index in [1.807, 2.05) is 12.1 Å². The van der Waals surface area contributed by atoms with Crippen LogP contribution in [0.25, 0.3) is 0 Å². The van der Waals surface area contributed by atoms with Gasteiger partial charge in [-0.05, 0) is 24.1 Å². The monoisotopic (exact) mass is 235 g/mol. The van der Waals surface area contributed by atoms with Crippen molar-refractivity contribution in [2.75, 3.05) is 26.3 Å². The topological polar surface area (TPSA) is 41.9 Å². The van der Waals surface area contributed by atoms with Crippen LogP contribution < -0.4 is 9.47 Å². The third-order valence-electron chi connectivity index (χ3n) is 3.26. The molecule has 2 aliphatic heterocycles. The number of likely N-dealkylation sites (tertiary alicyclic amines) is 1. The van der Waals surface area contributed by atoms with Crippen LogP contribution in [0.15, 0.2) is 18.2 Å². The first-order valence-electron chi connectivity index (χ1n) is 6.10. The second-order valence-corrected chi connectivity index (χ2v) is 4.66. The third-order valence-corrected chi connectivity index (χ3v) is 3.26. The molecule has 1 saturated heterocycles. The molecule has 92 valence electrons. The molecule has 2 aliphatic rings. The van der Waals surface area contributed by atoms with Gasteiger partial charge in [-0.25, -0.2) is 0 Å². The van der Waals surface area contributed by atoms with Crippen molar-refractivity contribution in [1.29, 1.82) is 0 Å². The predicted molar refractivity (Wildman–Crippen MR) is 63.3 cm³/mol. The van der Waals surface area contributed by atoms with E-state index in [1.54, 1.807) is 0 Å². The highest BCUT2D eigenvalue weighted by molar-refractivity contribution is 5.43. The number of aliphatic hydroxyl groups excluding tert-OH is 1. The number of nitrogens with zero attached hydrogens (tertiary/aromatic N) is 1. The summed E-state index contributed by atoms with van der Waals surface area (Å²) in [4.78, 5) is 2.26. The van der Waals surface area contributed by atoms with Crippen molar-refractivity contribution in [2.24, 2.45) is 0 Å². The Balaban J connectivity index is 1.71. The van der Waals surface area contributed by atoms with Gasteiger partial charge in [0.05, 0.1) is 6.10 Å². The van der Waals surface area contributed by atoms with Crippen molar-refractivity contribution in [1.82, 2.24) is 4.90 Å². The Morgan fingerprint density at radius 1 is 1.24 bits per heavy atom. The number of aliphatic hydroxyl groups is 1. The average Bonchev–Trinajstić information content (AvgIpc) is 2.75. The number of fused-ring (bicyclic) bond motifs is 1. The standard InChI is InChI=1S/C13H17NO3/c15-11-3-4-14(9-11)8-10-1-2-12-13(7-10)17-6-5-16-12/h1-2,7,11,15H,3-6,8-9H2/t11-/m1/s1. The Bertz CT molecular complexity index is 408. The fourth-order valence-electron chi connectivity index (χ4n) is 2.40. The quantitative estimate of drug-likeness (QED) is 0.831. The zero-order valence-electron chi connectivity index (χ0n) is 9.76. The lowest BCUT2D eigenvalue weighted by molar-refractivity contribution is 0.169. The highest BCUT2D eigenvalue weighted by atomic mass is 16.6. The maximum atomic E-state index is 9.48. The second-order valence-electron chi connectivity index (χ2n) is 4.66. The van der Waals surface area contributed by atoms with E-state index >= 15 is 0 Å². The molecule has 2 heterocycles. The number of benzene rings is 1. The average molecular weight is 235 g/mol. The molecular formula is C13H17NO3. The minimum Gasteiger partial charge on any atom is -0.486 e. The molecule has 1 fully saturated rings. The van der Waals surface area contributed by atoms with Crippen LogP contribution in [0.5, 0.6) is 11.5 Å². The van der Waals surface area contributed by atoms with Crippen molar-refractivity contribution >= 4 is 0 Å². The van der Waals surface area contributed by atoms with Crippen molar-refractivity contribution < 1.29 is 14.6 Å². The maximum Gasteiger partial charge on any atom is 0.161 e. The van der Waals surface area contributed by atoms with Gasteiger partial charge in [-0.15, -0.1) is 0 Å². The summed E-state index contributed by atoms with van der Waals surface area (Å²) in [6.45, 7) is 3.86. The van der Waals surface area contributed by atoms with Crippen LogP contribution in [0.3, 0.4) is 0 Å². The van der Waals surface area contributed by atoms with E-state index in [2.05, 4.69) is 11.0 Å². The Labute approximate surface area is 101 Å². The van der Waals surface area contributed by atoms with Crippen LogP contribution in [0, 0.1) is 0 Å². The summed E-state index contributed by atoms with van der Waals surface area (Å²) in [6.07, 6.45) is 0.720. The predicted octanol–water partition coefficient (Wildman–Crippen LogP) is 1.02. The number of ether oxygens (including phenoxy) is 2. The largest absolute Gasteiger partial charge is 0.486 e. The van der Waals surface area contributed by atoms with Gasteiger partial charge in [0.25, 0.3) is 0 Å². The molecule has 4 heteroatoms. The summed E-state index contributed by atoms with van der Waals surface area (Å²) in [7, 11) is 0. The molecule has 17 heavy (non-hydrogen) atoms. The first-order valence-corrected chi connectivity index (χ1v) is 6.10. The fourth-order valence-corrected chi connectivity index (χ4v) is 2.40. The molecule has 0 bridgehead atoms. The first kappa shape index (κ1) is 10.9. The van der Waals surface area contributed by atoms with Crippen LogP contribution in [0.4, 0.5) is 0 Å². The fraction of sp³-hybridized carbons (Fsp3) is 0.538. The summed E-state index contributed by atoms with van der Waals surface area (Å²) in [5, 5.41) is 9.48. The van der Waals surface area contributed by atoms with E-state index < -0.39 is 0 Å². The van der Waals surface area contributed by atoms with E-state index in [9.17, 15) is 5.11 Å². The Morgan fingerprint density at radius 3 is 2.82 bits per heavy atom. The summed E-state index contributed by atoms with van der Waals surface area (Å²) < 4.78 is 11.0. The molecule has 0 saturated carbocycles. The minimum absolute atomic E-state index is 0.160. The number of hydrogen-bond donors (Lipinski definition) is 1. The van der Waals surface area contributed by atoms with Crippen molar-refractivity contribution in [2.45, 2.75) is 19.1 Å². The lowest BCUT2D eigenvalue weighted by Crippen LogP contribution is -2.22. The summed E-state index contributed by atoms with van der Waals surface area (Å²) in [6, 6.07) is 6.08. The van der Waals surface area contributed by atoms with Crippen LogP contribution in [-0.4, -0.2) is 42.4 Å². The molecule has 1 atom stereocenters. The number of hydrogen-bond acceptors (Lipinski definition) is 4. The molecule has 3 rings (SSSR count). The molecular weight excluding hydrogens is 218 g/mol. The smallest absolute Gasteiger partial charge is 0.161 e. The Kier molecular flexibility index (Phi) is 2.91. The summed E-state index contributed by atoms with van der Waals surface area (Å²) in [5.74, 6) is 1.68. The first-order chi connectivity index (χ1) is 8.31. The molecule has 0 aliphatic carbocycles. The highest BCUT2D eigenvalue weighted by Gasteiger charge is 2.20. The van der Waals surface area contributed by atoms with Gasteiger partial charge in [0.15, 0.2) is 11.5 Å². The van der Waals surface area contributed by atoms with Gasteiger partial charge in [0.2, 0.25) is 0 Å². The molecule has 0 aromatic heterocycles. The Morgan fingerprint density at radius 2 is 2.06 bits per heavy atom. The molecule has 1 aromatic carbocycles. The number of β-amino-alcohol motifs (C(OH)–C–C–N with tert-alkyl or cyclic N) is 1. The highest BCUT2D eigenvalue weighted by Crippen LogP contribution is 2.31. The van der Waals surface area contributed by atoms with E-state index in [0.717, 1.165) is 37.6 Å². The summed E-state index contributed by atoms with van der Waals surface area (Å²) in [5.41, 5.74) is 1.21. The SMILES string of the molecule is O[C@@H]1CCN(Cc2ccc3c(c2)OCCO3)C1. The van der Waals surface area contributed by atoms with Crippen LogP contribution in [0.1, 0.15) is 12.0 Å². The van der Waals surface area contributed by atoms with Gasteiger partial charge in [0.1, 0.15) is 13.2 Å². The minimum atomic E-state index is -0.160. The molecule has 4 nitrogen and oxygen atoms in total. The van der Waals surface area contributed by atoms with Crippen LogP contribution in [0.2, 0.25) is 0 Å². The van der Waals surface area contributed by atoms with E-state index in [1.165, 1.54) is 5.56 Å². The Hall–Kier alpha value is -1.26. The molecule has 0 amide bonds. The lowest BCUT2D eigenvalue weighted by Gasteiger charge is -2.20. The second kappa shape index (κ2) is 4.55. The van der Waals surface area contributed by atoms with E-state index in [-0.39, 0.29) is 6.10 Å². The molecule has 1 aromatic rings. The normalized spacial score (nSPS) is 23.9. The van der Waals surface area contributed by atoms with Crippen LogP contribution in [-0.2, 0) is 6.54 Å².